The molecule has 0 radical (unpaired) electrons. The number of nitrogens with zero attached hydrogens (tertiary/aromatic N) is 4. The molecule has 1 N–H and O–H groups in total. The molecule has 1 amide bonds. The summed E-state index contributed by atoms with van der Waals surface area (Å²) in [6.45, 7) is 7.07. The number of imidazole rings is 1. The van der Waals surface area contributed by atoms with Crippen LogP contribution >= 0.6 is 0 Å². The number of carboxylic acids is 1. The number of carbonyl (C=O) groups excluding carboxylic acids is 1. The molecule has 11 heteroatoms. The molecule has 0 saturated heterocycles. The topological polar surface area (TPSA) is 78.7 Å². The Morgan fingerprint density at radius 3 is 2.47 bits per heavy atom. The Hall–Kier alpha value is -2.95. The van der Waals surface area contributed by atoms with E-state index in [0.717, 1.165) is 30.9 Å². The van der Waals surface area contributed by atoms with Crippen molar-refractivity contribution in [2.45, 2.75) is 52.1 Å². The summed E-state index contributed by atoms with van der Waals surface area (Å²) in [5.74, 6) is -3.27. The molecule has 2 aromatic rings. The maximum atomic E-state index is 13.5. The van der Waals surface area contributed by atoms with E-state index in [4.69, 9.17) is 9.90 Å². The highest BCUT2D eigenvalue weighted by Crippen LogP contribution is 2.20. The molecule has 0 fully saturated rings. The summed E-state index contributed by atoms with van der Waals surface area (Å²) in [6, 6.07) is 6.33. The molecule has 1 aliphatic rings. The molecule has 32 heavy (non-hydrogen) atoms. The quantitative estimate of drug-likeness (QED) is 0.710. The summed E-state index contributed by atoms with van der Waals surface area (Å²) in [4.78, 5) is 30.3. The van der Waals surface area contributed by atoms with Crippen molar-refractivity contribution < 1.29 is 32.3 Å². The molecule has 1 aromatic carbocycles. The molecule has 0 unspecified atom stereocenters. The second-order valence-corrected chi connectivity index (χ2v) is 7.73. The molecule has 0 aliphatic carbocycles. The number of halogens is 4. The number of amides is 1. The van der Waals surface area contributed by atoms with Crippen LogP contribution in [0.1, 0.15) is 42.0 Å². The van der Waals surface area contributed by atoms with E-state index in [1.807, 2.05) is 6.33 Å². The van der Waals surface area contributed by atoms with Gasteiger partial charge in [0.15, 0.2) is 0 Å². The van der Waals surface area contributed by atoms with Gasteiger partial charge in [0.2, 0.25) is 0 Å². The van der Waals surface area contributed by atoms with Crippen LogP contribution in [0.4, 0.5) is 17.6 Å². The fourth-order valence-corrected chi connectivity index (χ4v) is 3.04. The van der Waals surface area contributed by atoms with Gasteiger partial charge in [-0.2, -0.15) is 13.2 Å². The first-order chi connectivity index (χ1) is 14.9. The van der Waals surface area contributed by atoms with Gasteiger partial charge in [0.05, 0.1) is 24.3 Å². The Morgan fingerprint density at radius 1 is 1.25 bits per heavy atom. The molecule has 176 valence electrons. The van der Waals surface area contributed by atoms with E-state index in [0.29, 0.717) is 24.7 Å². The van der Waals surface area contributed by atoms with Gasteiger partial charge >= 0.3 is 12.1 Å². The molecule has 1 aliphatic heterocycles. The Morgan fingerprint density at radius 2 is 1.91 bits per heavy atom. The first-order valence-electron chi connectivity index (χ1n) is 9.98. The van der Waals surface area contributed by atoms with Crippen molar-refractivity contribution in [3.63, 3.8) is 0 Å². The summed E-state index contributed by atoms with van der Waals surface area (Å²) in [5, 5.41) is 7.12. The highest BCUT2D eigenvalue weighted by molar-refractivity contribution is 5.94. The Balaban J connectivity index is 0.000000451. The van der Waals surface area contributed by atoms with E-state index >= 15 is 0 Å². The number of carbonyl (C=O) groups is 2. The van der Waals surface area contributed by atoms with E-state index in [-0.39, 0.29) is 11.7 Å². The predicted molar refractivity (Wildman–Crippen MR) is 108 cm³/mol. The zero-order valence-corrected chi connectivity index (χ0v) is 18.1. The van der Waals surface area contributed by atoms with Crippen LogP contribution in [0.5, 0.6) is 0 Å². The van der Waals surface area contributed by atoms with Gasteiger partial charge in [0.25, 0.3) is 5.91 Å². The fraction of sp³-hybridized carbons (Fsp3) is 0.476. The lowest BCUT2D eigenvalue weighted by Crippen LogP contribution is -2.32. The van der Waals surface area contributed by atoms with Crippen LogP contribution in [0.2, 0.25) is 0 Å². The van der Waals surface area contributed by atoms with Crippen LogP contribution in [0.15, 0.2) is 30.6 Å². The number of hydrogen-bond donors (Lipinski definition) is 1. The lowest BCUT2D eigenvalue weighted by molar-refractivity contribution is -0.192. The molecule has 0 spiro atoms. The molecule has 1 aromatic heterocycles. The number of fused-ring (bicyclic) bond motifs is 1. The van der Waals surface area contributed by atoms with E-state index < -0.39 is 12.1 Å². The van der Waals surface area contributed by atoms with E-state index in [1.165, 1.54) is 12.1 Å². The number of alkyl halides is 3. The summed E-state index contributed by atoms with van der Waals surface area (Å²) in [7, 11) is 2.07. The number of carboxylic acid groups (broad SMARTS) is 1. The van der Waals surface area contributed by atoms with Crippen molar-refractivity contribution >= 4 is 11.9 Å². The normalized spacial score (nSPS) is 14.0. The summed E-state index contributed by atoms with van der Waals surface area (Å²) in [5.41, 5.74) is 2.48. The lowest BCUT2D eigenvalue weighted by atomic mass is 10.1. The number of hydrogen-bond acceptors (Lipinski definition) is 4. The second kappa shape index (κ2) is 10.6. The van der Waals surface area contributed by atoms with Crippen molar-refractivity contribution in [2.75, 3.05) is 13.6 Å². The van der Waals surface area contributed by atoms with Gasteiger partial charge in [-0.25, -0.2) is 14.2 Å². The molecular formula is C21H26F4N4O3. The smallest absolute Gasteiger partial charge is 0.475 e. The number of aryl methyl sites for hydroxylation is 1. The third kappa shape index (κ3) is 6.78. The average molecular weight is 458 g/mol. The maximum absolute atomic E-state index is 13.5. The van der Waals surface area contributed by atoms with Gasteiger partial charge in [-0.3, -0.25) is 9.69 Å². The van der Waals surface area contributed by atoms with Gasteiger partial charge < -0.3 is 14.6 Å². The van der Waals surface area contributed by atoms with Crippen molar-refractivity contribution in [1.29, 1.82) is 0 Å². The minimum absolute atomic E-state index is 0.127. The van der Waals surface area contributed by atoms with Crippen LogP contribution in [0.3, 0.4) is 0 Å². The Kier molecular flexibility index (Phi) is 8.37. The second-order valence-electron chi connectivity index (χ2n) is 7.73. The molecular weight excluding hydrogens is 432 g/mol. The van der Waals surface area contributed by atoms with E-state index in [2.05, 4.69) is 35.3 Å². The minimum Gasteiger partial charge on any atom is -0.475 e. The Bertz CT molecular complexity index is 943. The third-order valence-corrected chi connectivity index (χ3v) is 5.08. The van der Waals surface area contributed by atoms with Crippen molar-refractivity contribution in [1.82, 2.24) is 19.4 Å². The standard InChI is InChI=1S/C19H25FN4O.C2HF3O2/c1-14(2)22(3)11-17-18-12-23(8-5-9-24(18)13-21-17)19(25)15-6-4-7-16(20)10-15;3-2(4,5)1(6)7/h4,6-7,10,13-14H,5,8-9,11-12H2,1-3H3;(H,6,7). The molecule has 0 saturated carbocycles. The van der Waals surface area contributed by atoms with Gasteiger partial charge in [0.1, 0.15) is 5.82 Å². The lowest BCUT2D eigenvalue weighted by Gasteiger charge is -2.23. The van der Waals surface area contributed by atoms with E-state index in [9.17, 15) is 22.4 Å². The van der Waals surface area contributed by atoms with Crippen molar-refractivity contribution in [3.8, 4) is 0 Å². The molecule has 3 rings (SSSR count). The maximum Gasteiger partial charge on any atom is 0.490 e. The SMILES string of the molecule is CC(C)N(C)Cc1ncn2c1CN(C(=O)c1cccc(F)c1)CCC2.O=C(O)C(F)(F)F. The van der Waals surface area contributed by atoms with Crippen LogP contribution in [0.25, 0.3) is 0 Å². The zero-order chi connectivity index (χ0) is 24.1. The number of aliphatic carboxylic acids is 1. The summed E-state index contributed by atoms with van der Waals surface area (Å²) >= 11 is 0. The molecule has 7 nitrogen and oxygen atoms in total. The minimum atomic E-state index is -5.08. The number of benzene rings is 1. The zero-order valence-electron chi connectivity index (χ0n) is 18.1. The predicted octanol–water partition coefficient (Wildman–Crippen LogP) is 3.54. The highest BCUT2D eigenvalue weighted by Gasteiger charge is 2.38. The Labute approximate surface area is 183 Å². The monoisotopic (exact) mass is 458 g/mol. The van der Waals surface area contributed by atoms with Crippen molar-refractivity contribution in [3.05, 3.63) is 53.4 Å². The van der Waals surface area contributed by atoms with Crippen LogP contribution in [0, 0.1) is 5.82 Å². The number of rotatable bonds is 4. The first-order valence-corrected chi connectivity index (χ1v) is 9.98. The van der Waals surface area contributed by atoms with E-state index in [1.54, 1.807) is 17.0 Å². The molecule has 2 heterocycles. The molecule has 0 atom stereocenters. The first kappa shape index (κ1) is 25.3. The fourth-order valence-electron chi connectivity index (χ4n) is 3.04. The summed E-state index contributed by atoms with van der Waals surface area (Å²) in [6.07, 6.45) is -2.35. The van der Waals surface area contributed by atoms with Crippen LogP contribution in [-0.2, 0) is 24.4 Å². The third-order valence-electron chi connectivity index (χ3n) is 5.08. The highest BCUT2D eigenvalue weighted by atomic mass is 19.4. The average Bonchev–Trinajstić information content (AvgIpc) is 2.94. The van der Waals surface area contributed by atoms with Gasteiger partial charge in [0, 0.05) is 31.2 Å². The van der Waals surface area contributed by atoms with Crippen molar-refractivity contribution in [2.24, 2.45) is 0 Å². The van der Waals surface area contributed by atoms with Crippen LogP contribution < -0.4 is 0 Å². The van der Waals surface area contributed by atoms with Gasteiger partial charge in [-0.1, -0.05) is 6.07 Å². The number of aromatic nitrogens is 2. The largest absolute Gasteiger partial charge is 0.490 e. The summed E-state index contributed by atoms with van der Waals surface area (Å²) < 4.78 is 47.3. The van der Waals surface area contributed by atoms with Crippen LogP contribution in [-0.4, -0.2) is 62.1 Å². The van der Waals surface area contributed by atoms with Gasteiger partial charge in [-0.15, -0.1) is 0 Å². The van der Waals surface area contributed by atoms with Gasteiger partial charge in [-0.05, 0) is 45.5 Å². The molecule has 0 bridgehead atoms.